The molecule has 1 atom stereocenters. The van der Waals surface area contributed by atoms with Gasteiger partial charge in [0.2, 0.25) is 5.43 Å². The van der Waals surface area contributed by atoms with Gasteiger partial charge < -0.3 is 9.52 Å². The van der Waals surface area contributed by atoms with Gasteiger partial charge in [0.05, 0.1) is 16.3 Å². The van der Waals surface area contributed by atoms with Gasteiger partial charge in [0.1, 0.15) is 11.2 Å². The van der Waals surface area contributed by atoms with Gasteiger partial charge in [0, 0.05) is 22.0 Å². The topological polar surface area (TPSA) is 84.6 Å². The van der Waals surface area contributed by atoms with Crippen molar-refractivity contribution in [3.8, 4) is 0 Å². The molecule has 1 aromatic heterocycles. The van der Waals surface area contributed by atoms with Crippen molar-refractivity contribution >= 4 is 38.7 Å². The predicted molar refractivity (Wildman–Crippen MR) is 88.7 cm³/mol. The van der Waals surface area contributed by atoms with E-state index in [2.05, 4.69) is 0 Å². The Kier molecular flexibility index (Phi) is 3.77. The van der Waals surface area contributed by atoms with E-state index in [4.69, 9.17) is 9.52 Å². The highest BCUT2D eigenvalue weighted by Gasteiger charge is 2.15. The fourth-order valence-corrected chi connectivity index (χ4v) is 3.15. The first-order valence-corrected chi connectivity index (χ1v) is 8.58. The summed E-state index contributed by atoms with van der Waals surface area (Å²) in [5.41, 5.74) is 1.31. The highest BCUT2D eigenvalue weighted by atomic mass is 32.2. The van der Waals surface area contributed by atoms with Crippen LogP contribution in [0.2, 0.25) is 0 Å². The predicted octanol–water partition coefficient (Wildman–Crippen LogP) is 2.94. The SMILES string of the molecule is CCc1cc(S(C)=O)cc2c(=O)c3cc(C(=O)O)ccc3oc12. The first-order valence-electron chi connectivity index (χ1n) is 7.02. The zero-order valence-electron chi connectivity index (χ0n) is 12.6. The van der Waals surface area contributed by atoms with Gasteiger partial charge in [-0.2, -0.15) is 0 Å². The average molecular weight is 330 g/mol. The Bertz CT molecular complexity index is 1030. The van der Waals surface area contributed by atoms with E-state index in [0.29, 0.717) is 27.9 Å². The van der Waals surface area contributed by atoms with Crippen molar-refractivity contribution in [3.05, 3.63) is 51.7 Å². The van der Waals surface area contributed by atoms with E-state index in [9.17, 15) is 13.8 Å². The monoisotopic (exact) mass is 330 g/mol. The summed E-state index contributed by atoms with van der Waals surface area (Å²) < 4.78 is 17.6. The number of carboxylic acids is 1. The lowest BCUT2D eigenvalue weighted by Gasteiger charge is -2.08. The minimum atomic E-state index is -1.23. The molecule has 0 aliphatic rings. The van der Waals surface area contributed by atoms with Gasteiger partial charge in [0.25, 0.3) is 0 Å². The highest BCUT2D eigenvalue weighted by Crippen LogP contribution is 2.25. The van der Waals surface area contributed by atoms with Crippen LogP contribution in [0.15, 0.2) is 44.4 Å². The molecule has 1 heterocycles. The number of carbonyl (C=O) groups is 1. The summed E-state index contributed by atoms with van der Waals surface area (Å²) in [4.78, 5) is 24.4. The first kappa shape index (κ1) is 15.4. The molecule has 0 saturated heterocycles. The maximum absolute atomic E-state index is 12.8. The molecule has 1 N–H and O–H groups in total. The van der Waals surface area contributed by atoms with Crippen LogP contribution in [0.25, 0.3) is 21.9 Å². The zero-order valence-corrected chi connectivity index (χ0v) is 13.4. The largest absolute Gasteiger partial charge is 0.478 e. The normalized spacial score (nSPS) is 12.6. The van der Waals surface area contributed by atoms with Gasteiger partial charge in [-0.15, -0.1) is 0 Å². The van der Waals surface area contributed by atoms with Crippen molar-refractivity contribution in [2.24, 2.45) is 0 Å². The van der Waals surface area contributed by atoms with Gasteiger partial charge in [-0.05, 0) is 42.3 Å². The Morgan fingerprint density at radius 1 is 1.22 bits per heavy atom. The van der Waals surface area contributed by atoms with Crippen LogP contribution in [0.1, 0.15) is 22.8 Å². The molecule has 118 valence electrons. The van der Waals surface area contributed by atoms with E-state index in [1.807, 2.05) is 6.92 Å². The fraction of sp³-hybridized carbons (Fsp3) is 0.176. The second-order valence-corrected chi connectivity index (χ2v) is 6.59. The average Bonchev–Trinajstić information content (AvgIpc) is 2.53. The van der Waals surface area contributed by atoms with Gasteiger partial charge in [-0.1, -0.05) is 6.92 Å². The summed E-state index contributed by atoms with van der Waals surface area (Å²) in [6.45, 7) is 1.93. The molecule has 23 heavy (non-hydrogen) atoms. The molecular weight excluding hydrogens is 316 g/mol. The number of hydrogen-bond acceptors (Lipinski definition) is 4. The lowest BCUT2D eigenvalue weighted by atomic mass is 10.1. The van der Waals surface area contributed by atoms with E-state index in [1.54, 1.807) is 18.4 Å². The van der Waals surface area contributed by atoms with Crippen molar-refractivity contribution < 1.29 is 18.5 Å². The second kappa shape index (κ2) is 5.62. The Morgan fingerprint density at radius 2 is 1.96 bits per heavy atom. The van der Waals surface area contributed by atoms with Crippen LogP contribution in [-0.2, 0) is 17.2 Å². The van der Waals surface area contributed by atoms with Crippen molar-refractivity contribution in [3.63, 3.8) is 0 Å². The number of aromatic carboxylic acids is 1. The van der Waals surface area contributed by atoms with Gasteiger partial charge >= 0.3 is 5.97 Å². The van der Waals surface area contributed by atoms with Gasteiger partial charge in [-0.3, -0.25) is 9.00 Å². The third kappa shape index (κ3) is 2.55. The Morgan fingerprint density at radius 3 is 2.57 bits per heavy atom. The van der Waals surface area contributed by atoms with Gasteiger partial charge in [0.15, 0.2) is 0 Å². The number of benzene rings is 2. The van der Waals surface area contributed by atoms with Crippen LogP contribution >= 0.6 is 0 Å². The summed E-state index contributed by atoms with van der Waals surface area (Å²) in [6.07, 6.45) is 2.18. The maximum Gasteiger partial charge on any atom is 0.335 e. The number of carboxylic acid groups (broad SMARTS) is 1. The molecule has 0 fully saturated rings. The molecular formula is C17H14O5S. The van der Waals surface area contributed by atoms with Crippen molar-refractivity contribution in [1.82, 2.24) is 0 Å². The molecule has 0 aliphatic heterocycles. The van der Waals surface area contributed by atoms with Gasteiger partial charge in [-0.25, -0.2) is 4.79 Å². The van der Waals surface area contributed by atoms with E-state index >= 15 is 0 Å². The summed E-state index contributed by atoms with van der Waals surface area (Å²) in [6, 6.07) is 7.54. The lowest BCUT2D eigenvalue weighted by Crippen LogP contribution is -2.06. The summed E-state index contributed by atoms with van der Waals surface area (Å²) in [5.74, 6) is -1.11. The summed E-state index contributed by atoms with van der Waals surface area (Å²) in [5, 5.41) is 9.61. The second-order valence-electron chi connectivity index (χ2n) is 5.21. The van der Waals surface area contributed by atoms with E-state index in [-0.39, 0.29) is 16.4 Å². The first-order chi connectivity index (χ1) is 10.9. The van der Waals surface area contributed by atoms with E-state index in [1.165, 1.54) is 18.2 Å². The molecule has 0 aliphatic carbocycles. The molecule has 1 unspecified atom stereocenters. The number of hydrogen-bond donors (Lipinski definition) is 1. The molecule has 3 aromatic rings. The van der Waals surface area contributed by atoms with E-state index in [0.717, 1.165) is 5.56 Å². The highest BCUT2D eigenvalue weighted by molar-refractivity contribution is 7.84. The molecule has 0 spiro atoms. The van der Waals surface area contributed by atoms with Crippen LogP contribution in [0.5, 0.6) is 0 Å². The van der Waals surface area contributed by atoms with Crippen molar-refractivity contribution in [2.75, 3.05) is 6.26 Å². The molecule has 6 heteroatoms. The van der Waals surface area contributed by atoms with Crippen molar-refractivity contribution in [2.45, 2.75) is 18.2 Å². The van der Waals surface area contributed by atoms with E-state index < -0.39 is 16.8 Å². The standard InChI is InChI=1S/C17H14O5S/c1-3-9-6-11(23(2)21)8-13-15(18)12-7-10(17(19)20)4-5-14(12)22-16(9)13/h4-8H,3H2,1-2H3,(H,19,20). The fourth-order valence-electron chi connectivity index (χ4n) is 2.56. The van der Waals surface area contributed by atoms with Crippen LogP contribution in [0.3, 0.4) is 0 Å². The molecule has 0 saturated carbocycles. The minimum absolute atomic E-state index is 0.0232. The Balaban J connectivity index is 2.48. The molecule has 0 bridgehead atoms. The van der Waals surface area contributed by atoms with Crippen LogP contribution in [-0.4, -0.2) is 21.5 Å². The molecule has 3 rings (SSSR count). The lowest BCUT2D eigenvalue weighted by molar-refractivity contribution is 0.0697. The Labute approximate surface area is 134 Å². The third-order valence-electron chi connectivity index (χ3n) is 3.78. The summed E-state index contributed by atoms with van der Waals surface area (Å²) >= 11 is 0. The van der Waals surface area contributed by atoms with Crippen LogP contribution in [0, 0.1) is 0 Å². The maximum atomic E-state index is 12.8. The minimum Gasteiger partial charge on any atom is -0.478 e. The van der Waals surface area contributed by atoms with Crippen molar-refractivity contribution in [1.29, 1.82) is 0 Å². The third-order valence-corrected chi connectivity index (χ3v) is 4.68. The van der Waals surface area contributed by atoms with Crippen LogP contribution in [0.4, 0.5) is 0 Å². The number of fused-ring (bicyclic) bond motifs is 2. The molecule has 0 radical (unpaired) electrons. The number of aryl methyl sites for hydroxylation is 1. The molecule has 0 amide bonds. The number of rotatable bonds is 3. The molecule has 2 aromatic carbocycles. The Hall–Kier alpha value is -2.47. The smallest absolute Gasteiger partial charge is 0.335 e. The quantitative estimate of drug-likeness (QED) is 0.746. The summed E-state index contributed by atoms with van der Waals surface area (Å²) in [7, 11) is -1.23. The molecule has 5 nitrogen and oxygen atoms in total. The van der Waals surface area contributed by atoms with Crippen LogP contribution < -0.4 is 5.43 Å². The zero-order chi connectivity index (χ0) is 16.7.